The highest BCUT2D eigenvalue weighted by atomic mass is 16.3. The van der Waals surface area contributed by atoms with E-state index in [-0.39, 0.29) is 24.4 Å². The zero-order valence-corrected chi connectivity index (χ0v) is 15.8. The molecule has 4 rings (SSSR count). The third-order valence-electron chi connectivity index (χ3n) is 4.97. The van der Waals surface area contributed by atoms with Crippen LogP contribution in [0.3, 0.4) is 0 Å². The number of aromatic nitrogens is 2. The normalized spacial score (nSPS) is 15.4. The van der Waals surface area contributed by atoms with Gasteiger partial charge in [-0.05, 0) is 37.3 Å². The number of hydrogen-bond donors (Lipinski definition) is 1. The molecule has 1 aliphatic rings. The second-order valence-electron chi connectivity index (χ2n) is 6.81. The summed E-state index contributed by atoms with van der Waals surface area (Å²) in [5.74, 6) is 0.860. The molecule has 3 heterocycles. The van der Waals surface area contributed by atoms with E-state index in [9.17, 15) is 9.59 Å². The molecule has 0 aliphatic carbocycles. The molecule has 3 aromatic rings. The molecule has 29 heavy (non-hydrogen) atoms. The smallest absolute Gasteiger partial charge is 0.271 e. The van der Waals surface area contributed by atoms with Crippen molar-refractivity contribution in [1.82, 2.24) is 19.8 Å². The Balaban J connectivity index is 1.50. The van der Waals surface area contributed by atoms with Gasteiger partial charge in [0.15, 0.2) is 0 Å². The molecular formula is C21H19N5O3. The van der Waals surface area contributed by atoms with Gasteiger partial charge in [-0.15, -0.1) is 0 Å². The number of nitriles is 1. The van der Waals surface area contributed by atoms with Gasteiger partial charge in [-0.2, -0.15) is 5.26 Å². The third-order valence-corrected chi connectivity index (χ3v) is 4.97. The molecule has 0 fully saturated rings. The average molecular weight is 389 g/mol. The lowest BCUT2D eigenvalue weighted by molar-refractivity contribution is 0.0638. The topological polar surface area (TPSA) is 104 Å². The molecule has 1 aliphatic heterocycles. The number of fused-ring (bicyclic) bond motifs is 1. The third kappa shape index (κ3) is 3.62. The second-order valence-corrected chi connectivity index (χ2v) is 6.81. The van der Waals surface area contributed by atoms with Crippen molar-refractivity contribution in [3.63, 3.8) is 0 Å². The van der Waals surface area contributed by atoms with Gasteiger partial charge < -0.3 is 19.2 Å². The molecular weight excluding hydrogens is 370 g/mol. The van der Waals surface area contributed by atoms with Gasteiger partial charge >= 0.3 is 0 Å². The number of carbonyl (C=O) groups excluding carboxylic acids is 2. The van der Waals surface area contributed by atoms with E-state index in [4.69, 9.17) is 9.68 Å². The van der Waals surface area contributed by atoms with E-state index in [1.165, 1.54) is 0 Å². The van der Waals surface area contributed by atoms with Gasteiger partial charge in [-0.25, -0.2) is 4.98 Å². The van der Waals surface area contributed by atoms with Crippen LogP contribution in [0.1, 0.15) is 51.0 Å². The lowest BCUT2D eigenvalue weighted by Crippen LogP contribution is -2.41. The van der Waals surface area contributed by atoms with Gasteiger partial charge in [0, 0.05) is 24.8 Å². The number of nitrogens with one attached hydrogen (secondary N) is 1. The van der Waals surface area contributed by atoms with Crippen LogP contribution in [0.4, 0.5) is 0 Å². The highest BCUT2D eigenvalue weighted by Crippen LogP contribution is 2.26. The van der Waals surface area contributed by atoms with Crippen LogP contribution < -0.4 is 5.32 Å². The summed E-state index contributed by atoms with van der Waals surface area (Å²) >= 11 is 0. The minimum atomic E-state index is -0.298. The fourth-order valence-corrected chi connectivity index (χ4v) is 3.44. The first-order valence-electron chi connectivity index (χ1n) is 9.25. The summed E-state index contributed by atoms with van der Waals surface area (Å²) < 4.78 is 7.12. The van der Waals surface area contributed by atoms with E-state index in [1.807, 2.05) is 11.5 Å². The number of benzene rings is 1. The number of rotatable bonds is 4. The summed E-state index contributed by atoms with van der Waals surface area (Å²) in [4.78, 5) is 31.6. The quantitative estimate of drug-likeness (QED) is 0.738. The van der Waals surface area contributed by atoms with Crippen LogP contribution in [0.25, 0.3) is 0 Å². The second kappa shape index (κ2) is 7.64. The summed E-state index contributed by atoms with van der Waals surface area (Å²) in [7, 11) is 0. The van der Waals surface area contributed by atoms with E-state index >= 15 is 0 Å². The van der Waals surface area contributed by atoms with Crippen LogP contribution in [0.2, 0.25) is 0 Å². The summed E-state index contributed by atoms with van der Waals surface area (Å²) in [5.41, 5.74) is 1.21. The van der Waals surface area contributed by atoms with E-state index in [1.54, 1.807) is 53.8 Å². The Morgan fingerprint density at radius 2 is 2.17 bits per heavy atom. The summed E-state index contributed by atoms with van der Waals surface area (Å²) in [6.45, 7) is 3.20. The van der Waals surface area contributed by atoms with Gasteiger partial charge in [0.1, 0.15) is 17.3 Å². The predicted molar refractivity (Wildman–Crippen MR) is 103 cm³/mol. The molecule has 8 nitrogen and oxygen atoms in total. The lowest BCUT2D eigenvalue weighted by atomic mass is 10.1. The van der Waals surface area contributed by atoms with Crippen molar-refractivity contribution in [2.24, 2.45) is 0 Å². The molecule has 2 amide bonds. The van der Waals surface area contributed by atoms with Crippen molar-refractivity contribution in [3.05, 3.63) is 77.3 Å². The highest BCUT2D eigenvalue weighted by molar-refractivity contribution is 5.95. The largest absolute Gasteiger partial charge is 0.467 e. The van der Waals surface area contributed by atoms with Crippen molar-refractivity contribution in [3.8, 4) is 6.07 Å². The number of amides is 2. The van der Waals surface area contributed by atoms with Crippen LogP contribution in [0.15, 0.2) is 53.3 Å². The lowest BCUT2D eigenvalue weighted by Gasteiger charge is -2.33. The van der Waals surface area contributed by atoms with Crippen molar-refractivity contribution in [2.75, 3.05) is 6.54 Å². The molecule has 1 unspecified atom stereocenters. The summed E-state index contributed by atoms with van der Waals surface area (Å²) in [6.07, 6.45) is 3.26. The molecule has 0 radical (unpaired) electrons. The first kappa shape index (κ1) is 18.5. The molecule has 2 aromatic heterocycles. The number of imidazole rings is 1. The Bertz CT molecular complexity index is 1090. The van der Waals surface area contributed by atoms with Crippen LogP contribution in [0, 0.1) is 11.3 Å². The van der Waals surface area contributed by atoms with Crippen LogP contribution in [-0.4, -0.2) is 32.8 Å². The van der Waals surface area contributed by atoms with Gasteiger partial charge in [0.2, 0.25) is 0 Å². The van der Waals surface area contributed by atoms with E-state index in [2.05, 4.69) is 16.4 Å². The predicted octanol–water partition coefficient (Wildman–Crippen LogP) is 2.49. The molecule has 1 aromatic carbocycles. The molecule has 0 bridgehead atoms. The fourth-order valence-electron chi connectivity index (χ4n) is 3.44. The van der Waals surface area contributed by atoms with Crippen molar-refractivity contribution >= 4 is 11.8 Å². The van der Waals surface area contributed by atoms with E-state index in [0.29, 0.717) is 41.5 Å². The minimum Gasteiger partial charge on any atom is -0.467 e. The Hall–Kier alpha value is -3.86. The maximum Gasteiger partial charge on any atom is 0.271 e. The van der Waals surface area contributed by atoms with Crippen molar-refractivity contribution < 1.29 is 14.0 Å². The van der Waals surface area contributed by atoms with Gasteiger partial charge in [-0.3, -0.25) is 9.59 Å². The van der Waals surface area contributed by atoms with Crippen molar-refractivity contribution in [2.45, 2.75) is 26.1 Å². The molecule has 1 atom stereocenters. The first-order valence-corrected chi connectivity index (χ1v) is 9.25. The molecule has 0 saturated carbocycles. The number of hydrogen-bond acceptors (Lipinski definition) is 5. The number of furan rings is 1. The maximum atomic E-state index is 13.0. The molecule has 1 N–H and O–H groups in total. The van der Waals surface area contributed by atoms with Crippen molar-refractivity contribution in [1.29, 1.82) is 5.26 Å². The Kier molecular flexibility index (Phi) is 4.87. The molecule has 146 valence electrons. The molecule has 0 spiro atoms. The van der Waals surface area contributed by atoms with Crippen LogP contribution in [-0.2, 0) is 13.1 Å². The number of nitrogens with zero attached hydrogens (tertiary/aromatic N) is 4. The zero-order chi connectivity index (χ0) is 20.4. The molecule has 0 saturated heterocycles. The average Bonchev–Trinajstić information content (AvgIpc) is 3.42. The Morgan fingerprint density at radius 1 is 1.31 bits per heavy atom. The fraction of sp³-hybridized carbons (Fsp3) is 0.238. The maximum absolute atomic E-state index is 13.0. The molecule has 8 heteroatoms. The summed E-state index contributed by atoms with van der Waals surface area (Å²) in [5, 5.41) is 11.8. The minimum absolute atomic E-state index is 0.160. The summed E-state index contributed by atoms with van der Waals surface area (Å²) in [6, 6.07) is 11.9. The Morgan fingerprint density at radius 3 is 2.93 bits per heavy atom. The monoisotopic (exact) mass is 389 g/mol. The van der Waals surface area contributed by atoms with E-state index in [0.717, 1.165) is 0 Å². The standard InChI is InChI=1S/C21H19N5O3/c1-14-19-24-18(20(27)23-12-17-6-3-9-29-17)13-25(19)7-8-26(14)21(28)16-5-2-4-15(10-16)11-22/h2-6,9-10,13-14H,7-8,12H2,1H3,(H,23,27). The van der Waals surface area contributed by atoms with Gasteiger partial charge in [-0.1, -0.05) is 6.07 Å². The Labute approximate surface area is 167 Å². The number of carbonyl (C=O) groups is 2. The van der Waals surface area contributed by atoms with Gasteiger partial charge in [0.25, 0.3) is 11.8 Å². The van der Waals surface area contributed by atoms with Crippen LogP contribution >= 0.6 is 0 Å². The van der Waals surface area contributed by atoms with Gasteiger partial charge in [0.05, 0.1) is 30.5 Å². The van der Waals surface area contributed by atoms with E-state index < -0.39 is 0 Å². The zero-order valence-electron chi connectivity index (χ0n) is 15.8. The SMILES string of the molecule is CC1c2nc(C(=O)NCc3ccco3)cn2CCN1C(=O)c1cccc(C#N)c1. The highest BCUT2D eigenvalue weighted by Gasteiger charge is 2.31. The van der Waals surface area contributed by atoms with Crippen LogP contribution in [0.5, 0.6) is 0 Å². The first-order chi connectivity index (χ1) is 14.1.